The standard InChI is InChI=1S/C20H21FO7S/c1-11-2-6-14(7-3-11)26-20(29)28-18-16(23)15(10-22)27-19(17(18)24)25-13-8-4-12(21)5-9-13/h2-9,15-19,22-24H,10H2,1H3/t15-,16+,17-,18+,19+/m1/s1. The molecule has 0 bridgehead atoms. The molecule has 1 aliphatic heterocycles. The fourth-order valence-electron chi connectivity index (χ4n) is 2.77. The minimum atomic E-state index is -1.47. The van der Waals surface area contributed by atoms with E-state index in [2.05, 4.69) is 0 Å². The second-order valence-corrected chi connectivity index (χ2v) is 6.86. The molecule has 0 unspecified atom stereocenters. The van der Waals surface area contributed by atoms with Gasteiger partial charge < -0.3 is 34.3 Å². The van der Waals surface area contributed by atoms with Gasteiger partial charge in [-0.2, -0.15) is 0 Å². The molecule has 7 nitrogen and oxygen atoms in total. The van der Waals surface area contributed by atoms with E-state index >= 15 is 0 Å². The van der Waals surface area contributed by atoms with Gasteiger partial charge in [0.2, 0.25) is 6.29 Å². The first-order chi connectivity index (χ1) is 13.9. The molecular formula is C20H21FO7S. The summed E-state index contributed by atoms with van der Waals surface area (Å²) in [6, 6.07) is 12.1. The van der Waals surface area contributed by atoms with Crippen molar-refractivity contribution >= 4 is 17.5 Å². The number of aliphatic hydroxyl groups excluding tert-OH is 3. The van der Waals surface area contributed by atoms with Crippen LogP contribution in [0.3, 0.4) is 0 Å². The molecule has 0 spiro atoms. The normalized spacial score (nSPS) is 26.6. The van der Waals surface area contributed by atoms with Gasteiger partial charge in [-0.1, -0.05) is 17.7 Å². The topological polar surface area (TPSA) is 97.6 Å². The van der Waals surface area contributed by atoms with Gasteiger partial charge in [-0.15, -0.1) is 0 Å². The molecule has 3 rings (SSSR count). The molecular weight excluding hydrogens is 403 g/mol. The Balaban J connectivity index is 1.70. The summed E-state index contributed by atoms with van der Waals surface area (Å²) in [5.41, 5.74) is 1.03. The number of benzene rings is 2. The van der Waals surface area contributed by atoms with Crippen molar-refractivity contribution in [1.29, 1.82) is 0 Å². The molecule has 1 fully saturated rings. The van der Waals surface area contributed by atoms with Gasteiger partial charge in [0.25, 0.3) is 0 Å². The van der Waals surface area contributed by atoms with Crippen molar-refractivity contribution < 1.29 is 38.7 Å². The molecule has 5 atom stereocenters. The highest BCUT2D eigenvalue weighted by Gasteiger charge is 2.47. The van der Waals surface area contributed by atoms with E-state index in [0.29, 0.717) is 5.75 Å². The number of halogens is 1. The van der Waals surface area contributed by atoms with Gasteiger partial charge in [0.05, 0.1) is 6.61 Å². The smallest absolute Gasteiger partial charge is 0.358 e. The zero-order valence-corrected chi connectivity index (χ0v) is 16.3. The van der Waals surface area contributed by atoms with Crippen molar-refractivity contribution in [2.75, 3.05) is 6.61 Å². The van der Waals surface area contributed by atoms with Crippen LogP contribution < -0.4 is 9.47 Å². The first kappa shape index (κ1) is 21.4. The van der Waals surface area contributed by atoms with Gasteiger partial charge in [-0.3, -0.25) is 0 Å². The lowest BCUT2D eigenvalue weighted by Crippen LogP contribution is -2.61. The Bertz CT molecular complexity index is 815. The number of aryl methyl sites for hydroxylation is 1. The maximum Gasteiger partial charge on any atom is 0.358 e. The molecule has 1 saturated heterocycles. The van der Waals surface area contributed by atoms with Gasteiger partial charge in [0.1, 0.15) is 29.5 Å². The quantitative estimate of drug-likeness (QED) is 0.624. The second-order valence-electron chi connectivity index (χ2n) is 6.53. The second kappa shape index (κ2) is 9.47. The molecule has 0 aromatic heterocycles. The highest BCUT2D eigenvalue weighted by Crippen LogP contribution is 2.27. The van der Waals surface area contributed by atoms with Gasteiger partial charge in [0.15, 0.2) is 12.2 Å². The first-order valence-electron chi connectivity index (χ1n) is 8.87. The molecule has 9 heteroatoms. The van der Waals surface area contributed by atoms with Gasteiger partial charge in [-0.25, -0.2) is 4.39 Å². The van der Waals surface area contributed by atoms with Crippen LogP contribution in [0.4, 0.5) is 4.39 Å². The van der Waals surface area contributed by atoms with Crippen LogP contribution in [0, 0.1) is 12.7 Å². The minimum Gasteiger partial charge on any atom is -0.462 e. The molecule has 0 saturated carbocycles. The zero-order chi connectivity index (χ0) is 21.0. The maximum atomic E-state index is 13.1. The van der Waals surface area contributed by atoms with Crippen LogP contribution in [0.15, 0.2) is 48.5 Å². The molecule has 3 N–H and O–H groups in total. The summed E-state index contributed by atoms with van der Waals surface area (Å²) in [7, 11) is 0. The van der Waals surface area contributed by atoms with Crippen LogP contribution in [0.1, 0.15) is 5.56 Å². The lowest BCUT2D eigenvalue weighted by molar-refractivity contribution is -0.275. The van der Waals surface area contributed by atoms with Crippen LogP contribution in [-0.2, 0) is 9.47 Å². The molecule has 156 valence electrons. The van der Waals surface area contributed by atoms with Crippen molar-refractivity contribution in [2.45, 2.75) is 37.6 Å². The number of ether oxygens (including phenoxy) is 4. The summed E-state index contributed by atoms with van der Waals surface area (Å²) in [6.07, 6.45) is -6.56. The van der Waals surface area contributed by atoms with E-state index in [0.717, 1.165) is 5.56 Å². The highest BCUT2D eigenvalue weighted by atomic mass is 32.1. The lowest BCUT2D eigenvalue weighted by atomic mass is 9.99. The summed E-state index contributed by atoms with van der Waals surface area (Å²) in [5, 5.41) is 30.1. The Hall–Kier alpha value is -2.30. The van der Waals surface area contributed by atoms with E-state index in [1.165, 1.54) is 24.3 Å². The van der Waals surface area contributed by atoms with Crippen LogP contribution in [-0.4, -0.2) is 57.9 Å². The average Bonchev–Trinajstić information content (AvgIpc) is 2.70. The average molecular weight is 424 g/mol. The van der Waals surface area contributed by atoms with Crippen molar-refractivity contribution in [2.24, 2.45) is 0 Å². The maximum absolute atomic E-state index is 13.1. The third kappa shape index (κ3) is 5.40. The minimum absolute atomic E-state index is 0.223. The van der Waals surface area contributed by atoms with E-state index < -0.39 is 43.1 Å². The van der Waals surface area contributed by atoms with Crippen LogP contribution in [0.25, 0.3) is 0 Å². The van der Waals surface area contributed by atoms with E-state index in [-0.39, 0.29) is 11.0 Å². The van der Waals surface area contributed by atoms with Crippen molar-refractivity contribution in [3.63, 3.8) is 0 Å². The predicted molar refractivity (Wildman–Crippen MR) is 104 cm³/mol. The third-order valence-electron chi connectivity index (χ3n) is 4.34. The largest absolute Gasteiger partial charge is 0.462 e. The molecule has 0 radical (unpaired) electrons. The number of thiocarbonyl (C=S) groups is 1. The number of hydrogen-bond donors (Lipinski definition) is 3. The molecule has 0 amide bonds. The highest BCUT2D eigenvalue weighted by molar-refractivity contribution is 7.79. The lowest BCUT2D eigenvalue weighted by Gasteiger charge is -2.41. The molecule has 2 aromatic carbocycles. The van der Waals surface area contributed by atoms with E-state index in [4.69, 9.17) is 31.2 Å². The van der Waals surface area contributed by atoms with Crippen LogP contribution in [0.2, 0.25) is 0 Å². The Morgan fingerprint density at radius 3 is 2.28 bits per heavy atom. The molecule has 29 heavy (non-hydrogen) atoms. The van der Waals surface area contributed by atoms with E-state index in [9.17, 15) is 19.7 Å². The summed E-state index contributed by atoms with van der Waals surface area (Å²) in [5.74, 6) is 0.196. The number of aliphatic hydroxyl groups is 3. The fourth-order valence-corrected chi connectivity index (χ4v) is 2.98. The van der Waals surface area contributed by atoms with Crippen molar-refractivity contribution in [3.05, 3.63) is 59.9 Å². The molecule has 1 heterocycles. The fraction of sp³-hybridized carbons (Fsp3) is 0.350. The van der Waals surface area contributed by atoms with Crippen LogP contribution in [0.5, 0.6) is 11.5 Å². The van der Waals surface area contributed by atoms with Crippen LogP contribution >= 0.6 is 12.2 Å². The summed E-state index contributed by atoms with van der Waals surface area (Å²) in [6.45, 7) is 1.37. The van der Waals surface area contributed by atoms with Gasteiger partial charge in [-0.05, 0) is 43.3 Å². The van der Waals surface area contributed by atoms with Crippen molar-refractivity contribution in [1.82, 2.24) is 0 Å². The van der Waals surface area contributed by atoms with Crippen molar-refractivity contribution in [3.8, 4) is 11.5 Å². The Kier molecular flexibility index (Phi) is 6.99. The summed E-state index contributed by atoms with van der Waals surface area (Å²) >= 11 is 5.06. The number of hydrogen-bond acceptors (Lipinski definition) is 8. The SMILES string of the molecule is Cc1ccc(OC(=S)O[C@H]2[C@@H](O)[C@@H](CO)O[C@H](Oc3ccc(F)cc3)[C@@H]2O)cc1. The van der Waals surface area contributed by atoms with E-state index in [1.54, 1.807) is 12.1 Å². The van der Waals surface area contributed by atoms with Gasteiger partial charge in [0, 0.05) is 12.2 Å². The summed E-state index contributed by atoms with van der Waals surface area (Å²) < 4.78 is 34.8. The predicted octanol–water partition coefficient (Wildman–Crippen LogP) is 1.70. The third-order valence-corrected chi connectivity index (χ3v) is 4.52. The Labute approximate surface area is 172 Å². The zero-order valence-electron chi connectivity index (χ0n) is 15.5. The summed E-state index contributed by atoms with van der Waals surface area (Å²) in [4.78, 5) is 0. The monoisotopic (exact) mass is 424 g/mol. The van der Waals surface area contributed by atoms with Gasteiger partial charge >= 0.3 is 5.24 Å². The number of rotatable bonds is 5. The van der Waals surface area contributed by atoms with E-state index in [1.807, 2.05) is 19.1 Å². The molecule has 0 aliphatic carbocycles. The molecule has 1 aliphatic rings. The first-order valence-corrected chi connectivity index (χ1v) is 9.28. The Morgan fingerprint density at radius 2 is 1.66 bits per heavy atom. The Morgan fingerprint density at radius 1 is 1.03 bits per heavy atom. The molecule has 2 aromatic rings.